The molecule has 1 amide bonds. The topological polar surface area (TPSA) is 132 Å². The van der Waals surface area contributed by atoms with Crippen molar-refractivity contribution in [3.05, 3.63) is 62.1 Å². The van der Waals surface area contributed by atoms with E-state index in [1.165, 1.54) is 11.0 Å². The van der Waals surface area contributed by atoms with Crippen LogP contribution in [0.5, 0.6) is 0 Å². The van der Waals surface area contributed by atoms with Crippen LogP contribution in [0.2, 0.25) is 10.0 Å². The highest BCUT2D eigenvalue weighted by molar-refractivity contribution is 6.35. The van der Waals surface area contributed by atoms with Crippen LogP contribution in [-0.4, -0.2) is 35.8 Å². The molecule has 12 heteroatoms. The highest BCUT2D eigenvalue weighted by atomic mass is 35.5. The number of nitro groups is 1. The molecule has 1 aromatic carbocycles. The smallest absolute Gasteiger partial charge is 0.288 e. The van der Waals surface area contributed by atoms with Crippen LogP contribution in [0.4, 0.5) is 11.6 Å². The van der Waals surface area contributed by atoms with Crippen molar-refractivity contribution in [3.63, 3.8) is 0 Å². The lowest BCUT2D eigenvalue weighted by atomic mass is 10.2. The predicted molar refractivity (Wildman–Crippen MR) is 88.8 cm³/mol. The summed E-state index contributed by atoms with van der Waals surface area (Å²) < 4.78 is 1.45. The van der Waals surface area contributed by atoms with Crippen molar-refractivity contribution < 1.29 is 9.72 Å². The molecule has 0 aliphatic carbocycles. The van der Waals surface area contributed by atoms with E-state index < -0.39 is 16.5 Å². The Morgan fingerprint density at radius 2 is 2.20 bits per heavy atom. The van der Waals surface area contributed by atoms with Gasteiger partial charge in [-0.2, -0.15) is 5.10 Å². The van der Waals surface area contributed by atoms with Crippen molar-refractivity contribution in [2.45, 2.75) is 6.54 Å². The third-order valence-electron chi connectivity index (χ3n) is 3.15. The zero-order valence-corrected chi connectivity index (χ0v) is 13.8. The molecule has 25 heavy (non-hydrogen) atoms. The first kappa shape index (κ1) is 16.9. The summed E-state index contributed by atoms with van der Waals surface area (Å²) in [7, 11) is 0. The van der Waals surface area contributed by atoms with E-state index in [1.807, 2.05) is 0 Å². The maximum atomic E-state index is 12.0. The second-order valence-electron chi connectivity index (χ2n) is 4.84. The standard InChI is InChI=1S/C13H9Cl2N7O3/c14-8-2-1-7(9(15)3-8)5-21-6-16-13(20-21)18-12(23)11-10(22(24)25)4-17-19-11/h1-4,6H,5H2,(H,17,19)(H,18,20,23). The van der Waals surface area contributed by atoms with Gasteiger partial charge in [0.2, 0.25) is 11.6 Å². The van der Waals surface area contributed by atoms with Gasteiger partial charge in [0.15, 0.2) is 0 Å². The van der Waals surface area contributed by atoms with Crippen LogP contribution < -0.4 is 5.32 Å². The number of carbonyl (C=O) groups excluding carboxylic acids is 1. The van der Waals surface area contributed by atoms with Crippen LogP contribution in [0.25, 0.3) is 0 Å². The van der Waals surface area contributed by atoms with Gasteiger partial charge in [0.25, 0.3) is 5.91 Å². The first-order valence-corrected chi connectivity index (χ1v) is 7.52. The Hall–Kier alpha value is -2.98. The Balaban J connectivity index is 1.72. The number of H-pyrrole nitrogens is 1. The third kappa shape index (κ3) is 3.75. The van der Waals surface area contributed by atoms with Gasteiger partial charge in [-0.1, -0.05) is 29.3 Å². The second kappa shape index (κ2) is 6.87. The summed E-state index contributed by atoms with van der Waals surface area (Å²) in [5.41, 5.74) is 0.0324. The molecule has 2 N–H and O–H groups in total. The van der Waals surface area contributed by atoms with E-state index in [9.17, 15) is 14.9 Å². The third-order valence-corrected chi connectivity index (χ3v) is 3.74. The van der Waals surface area contributed by atoms with E-state index in [0.717, 1.165) is 11.8 Å². The van der Waals surface area contributed by atoms with Crippen LogP contribution >= 0.6 is 23.2 Å². The van der Waals surface area contributed by atoms with Gasteiger partial charge in [-0.05, 0) is 17.7 Å². The Morgan fingerprint density at radius 1 is 1.40 bits per heavy atom. The maximum absolute atomic E-state index is 12.0. The molecule has 0 atom stereocenters. The van der Waals surface area contributed by atoms with Crippen LogP contribution in [0.15, 0.2) is 30.7 Å². The number of benzene rings is 1. The van der Waals surface area contributed by atoms with Gasteiger partial charge >= 0.3 is 5.69 Å². The molecule has 2 heterocycles. The molecular formula is C13H9Cl2N7O3. The first-order valence-electron chi connectivity index (χ1n) is 6.76. The molecule has 0 aliphatic heterocycles. The van der Waals surface area contributed by atoms with E-state index >= 15 is 0 Å². The summed E-state index contributed by atoms with van der Waals surface area (Å²) in [4.78, 5) is 26.1. The highest BCUT2D eigenvalue weighted by Gasteiger charge is 2.23. The molecule has 0 spiro atoms. The number of aromatic amines is 1. The largest absolute Gasteiger partial charge is 0.319 e. The molecule has 0 saturated heterocycles. The minimum Gasteiger partial charge on any atom is -0.288 e. The summed E-state index contributed by atoms with van der Waals surface area (Å²) in [6, 6.07) is 5.05. The molecule has 3 aromatic rings. The Morgan fingerprint density at radius 3 is 2.92 bits per heavy atom. The van der Waals surface area contributed by atoms with Gasteiger partial charge in [-0.3, -0.25) is 25.3 Å². The summed E-state index contributed by atoms with van der Waals surface area (Å²) in [6.45, 7) is 0.309. The summed E-state index contributed by atoms with van der Waals surface area (Å²) in [5, 5.41) is 24.0. The highest BCUT2D eigenvalue weighted by Crippen LogP contribution is 2.21. The van der Waals surface area contributed by atoms with E-state index in [0.29, 0.717) is 16.6 Å². The molecule has 0 aliphatic rings. The van der Waals surface area contributed by atoms with Crippen molar-refractivity contribution in [2.75, 3.05) is 5.32 Å². The number of nitrogens with one attached hydrogen (secondary N) is 2. The quantitative estimate of drug-likeness (QED) is 0.515. The molecular weight excluding hydrogens is 373 g/mol. The Labute approximate surface area is 149 Å². The molecule has 0 fully saturated rings. The molecule has 0 bridgehead atoms. The number of aromatic nitrogens is 5. The lowest BCUT2D eigenvalue weighted by Gasteiger charge is -2.04. The molecule has 128 valence electrons. The molecule has 2 aromatic heterocycles. The van der Waals surface area contributed by atoms with Crippen molar-refractivity contribution >= 4 is 40.7 Å². The number of halogens is 2. The van der Waals surface area contributed by atoms with Gasteiger partial charge in [-0.15, -0.1) is 5.10 Å². The number of carbonyl (C=O) groups is 1. The molecule has 3 rings (SSSR count). The van der Waals surface area contributed by atoms with Crippen molar-refractivity contribution in [1.82, 2.24) is 25.0 Å². The molecule has 0 unspecified atom stereocenters. The number of rotatable bonds is 5. The van der Waals surface area contributed by atoms with Gasteiger partial charge in [-0.25, -0.2) is 9.67 Å². The van der Waals surface area contributed by atoms with Gasteiger partial charge < -0.3 is 0 Å². The summed E-state index contributed by atoms with van der Waals surface area (Å²) >= 11 is 11.9. The fourth-order valence-corrected chi connectivity index (χ4v) is 2.47. The molecule has 0 saturated carbocycles. The Kier molecular flexibility index (Phi) is 4.63. The normalized spacial score (nSPS) is 10.6. The number of amides is 1. The average Bonchev–Trinajstić information content (AvgIpc) is 3.19. The lowest BCUT2D eigenvalue weighted by Crippen LogP contribution is -2.15. The van der Waals surface area contributed by atoms with E-state index in [4.69, 9.17) is 23.2 Å². The van der Waals surface area contributed by atoms with Crippen molar-refractivity contribution in [2.24, 2.45) is 0 Å². The minimum atomic E-state index is -0.772. The summed E-state index contributed by atoms with van der Waals surface area (Å²) in [6.07, 6.45) is 2.34. The number of anilines is 1. The average molecular weight is 382 g/mol. The second-order valence-corrected chi connectivity index (χ2v) is 5.69. The number of nitrogens with zero attached hydrogens (tertiary/aromatic N) is 5. The SMILES string of the molecule is O=C(Nc1ncn(Cc2ccc(Cl)cc2Cl)n1)c1[nH]ncc1[N+](=O)[O-]. The Bertz CT molecular complexity index is 953. The first-order chi connectivity index (χ1) is 11.9. The zero-order chi connectivity index (χ0) is 18.0. The van der Waals surface area contributed by atoms with Crippen LogP contribution in [-0.2, 0) is 6.54 Å². The summed E-state index contributed by atoms with van der Waals surface area (Å²) in [5.74, 6) is -0.787. The van der Waals surface area contributed by atoms with Gasteiger partial charge in [0, 0.05) is 10.0 Å². The predicted octanol–water partition coefficient (Wildman–Crippen LogP) is 2.52. The fraction of sp³-hybridized carbons (Fsp3) is 0.0769. The van der Waals surface area contributed by atoms with E-state index in [-0.39, 0.29) is 11.6 Å². The zero-order valence-electron chi connectivity index (χ0n) is 12.3. The van der Waals surface area contributed by atoms with Gasteiger partial charge in [0.1, 0.15) is 12.5 Å². The van der Waals surface area contributed by atoms with E-state index in [2.05, 4.69) is 25.6 Å². The fourth-order valence-electron chi connectivity index (χ4n) is 2.00. The monoisotopic (exact) mass is 381 g/mol. The van der Waals surface area contributed by atoms with Crippen LogP contribution in [0, 0.1) is 10.1 Å². The molecule has 10 nitrogen and oxygen atoms in total. The number of hydrogen-bond donors (Lipinski definition) is 2. The van der Waals surface area contributed by atoms with Crippen molar-refractivity contribution in [1.29, 1.82) is 0 Å². The molecule has 0 radical (unpaired) electrons. The van der Waals surface area contributed by atoms with Crippen LogP contribution in [0.3, 0.4) is 0 Å². The lowest BCUT2D eigenvalue weighted by molar-refractivity contribution is -0.385. The van der Waals surface area contributed by atoms with E-state index in [1.54, 1.807) is 18.2 Å². The number of hydrogen-bond acceptors (Lipinski definition) is 6. The minimum absolute atomic E-state index is 0.0148. The van der Waals surface area contributed by atoms with Crippen LogP contribution in [0.1, 0.15) is 16.1 Å². The van der Waals surface area contributed by atoms with Gasteiger partial charge in [0.05, 0.1) is 11.5 Å². The maximum Gasteiger partial charge on any atom is 0.319 e. The van der Waals surface area contributed by atoms with Crippen molar-refractivity contribution in [3.8, 4) is 0 Å².